The maximum Gasteiger partial charge on any atom is 0.315 e. The molecule has 3 aliphatic rings. The molecule has 114 valence electrons. The molecule has 1 saturated heterocycles. The van der Waals surface area contributed by atoms with Crippen molar-refractivity contribution in [3.63, 3.8) is 0 Å². The molecule has 3 fully saturated rings. The lowest BCUT2D eigenvalue weighted by Gasteiger charge is -2.56. The Morgan fingerprint density at radius 2 is 2.33 bits per heavy atom. The second kappa shape index (κ2) is 5.02. The summed E-state index contributed by atoms with van der Waals surface area (Å²) in [6.07, 6.45) is 8.07. The van der Waals surface area contributed by atoms with Gasteiger partial charge in [-0.3, -0.25) is 5.10 Å². The minimum Gasteiger partial charge on any atom is -0.377 e. The molecule has 1 spiro atoms. The topological polar surface area (TPSA) is 79.0 Å². The highest BCUT2D eigenvalue weighted by molar-refractivity contribution is 5.74. The normalized spacial score (nSPS) is 32.7. The van der Waals surface area contributed by atoms with E-state index in [1.165, 1.54) is 25.7 Å². The number of nitrogens with zero attached hydrogens (tertiary/aromatic N) is 1. The summed E-state index contributed by atoms with van der Waals surface area (Å²) < 4.78 is 5.94. The SMILES string of the molecule is O=C(NCc1ccn[nH]1)N[C@@H]1[C@H]2CCO[C@@H]2C12CCCC2. The van der Waals surface area contributed by atoms with Gasteiger partial charge in [-0.25, -0.2) is 4.79 Å². The Morgan fingerprint density at radius 1 is 1.48 bits per heavy atom. The van der Waals surface area contributed by atoms with Gasteiger partial charge in [0.2, 0.25) is 0 Å². The van der Waals surface area contributed by atoms with Gasteiger partial charge in [-0.15, -0.1) is 0 Å². The van der Waals surface area contributed by atoms with Crippen molar-refractivity contribution in [3.05, 3.63) is 18.0 Å². The van der Waals surface area contributed by atoms with Crippen molar-refractivity contribution in [1.82, 2.24) is 20.8 Å². The summed E-state index contributed by atoms with van der Waals surface area (Å²) >= 11 is 0. The zero-order valence-electron chi connectivity index (χ0n) is 12.1. The molecule has 2 saturated carbocycles. The molecule has 6 nitrogen and oxygen atoms in total. The highest BCUT2D eigenvalue weighted by Crippen LogP contribution is 2.60. The van der Waals surface area contributed by atoms with Crippen molar-refractivity contribution in [1.29, 1.82) is 0 Å². The summed E-state index contributed by atoms with van der Waals surface area (Å²) in [6, 6.07) is 2.07. The minimum atomic E-state index is -0.0776. The number of hydrogen-bond acceptors (Lipinski definition) is 3. The lowest BCUT2D eigenvalue weighted by molar-refractivity contribution is -0.126. The highest BCUT2D eigenvalue weighted by Gasteiger charge is 2.65. The summed E-state index contributed by atoms with van der Waals surface area (Å²) in [4.78, 5) is 12.2. The van der Waals surface area contributed by atoms with E-state index in [1.54, 1.807) is 6.20 Å². The number of rotatable bonds is 3. The predicted octanol–water partition coefficient (Wildman–Crippen LogP) is 1.56. The number of amides is 2. The van der Waals surface area contributed by atoms with Crippen LogP contribution in [0.15, 0.2) is 12.3 Å². The molecular formula is C15H22N4O2. The van der Waals surface area contributed by atoms with Crippen LogP contribution in [-0.4, -0.2) is 35.0 Å². The molecular weight excluding hydrogens is 268 g/mol. The first-order valence-corrected chi connectivity index (χ1v) is 7.94. The van der Waals surface area contributed by atoms with Crippen LogP contribution in [-0.2, 0) is 11.3 Å². The van der Waals surface area contributed by atoms with Gasteiger partial charge >= 0.3 is 6.03 Å². The zero-order chi connectivity index (χ0) is 14.3. The van der Waals surface area contributed by atoms with Crippen LogP contribution < -0.4 is 10.6 Å². The highest BCUT2D eigenvalue weighted by atomic mass is 16.5. The van der Waals surface area contributed by atoms with E-state index < -0.39 is 0 Å². The van der Waals surface area contributed by atoms with Crippen LogP contribution in [0, 0.1) is 11.3 Å². The third-order valence-electron chi connectivity index (χ3n) is 5.57. The van der Waals surface area contributed by atoms with E-state index in [2.05, 4.69) is 20.8 Å². The largest absolute Gasteiger partial charge is 0.377 e. The standard InChI is InChI=1S/C15H22N4O2/c20-14(16-9-10-3-7-17-19-10)18-12-11-4-8-21-13(11)15(12)5-1-2-6-15/h3,7,11-13H,1-2,4-6,8-9H2,(H,17,19)(H2,16,18,20)/t11-,12-,13+/m1/s1. The summed E-state index contributed by atoms with van der Waals surface area (Å²) in [5.41, 5.74) is 1.13. The van der Waals surface area contributed by atoms with Crippen LogP contribution >= 0.6 is 0 Å². The second-order valence-electron chi connectivity index (χ2n) is 6.57. The van der Waals surface area contributed by atoms with Crippen LogP contribution in [0.25, 0.3) is 0 Å². The summed E-state index contributed by atoms with van der Waals surface area (Å²) in [7, 11) is 0. The van der Waals surface area contributed by atoms with Crippen molar-refractivity contribution in [3.8, 4) is 0 Å². The fraction of sp³-hybridized carbons (Fsp3) is 0.733. The van der Waals surface area contributed by atoms with E-state index in [1.807, 2.05) is 6.07 Å². The van der Waals surface area contributed by atoms with Gasteiger partial charge in [0, 0.05) is 30.2 Å². The number of urea groups is 1. The Bertz CT molecular complexity index is 510. The van der Waals surface area contributed by atoms with E-state index in [9.17, 15) is 4.79 Å². The number of H-pyrrole nitrogens is 1. The Morgan fingerprint density at radius 3 is 3.10 bits per heavy atom. The van der Waals surface area contributed by atoms with Crippen molar-refractivity contribution < 1.29 is 9.53 Å². The summed E-state index contributed by atoms with van der Waals surface area (Å²) in [6.45, 7) is 1.33. The van der Waals surface area contributed by atoms with Crippen LogP contribution in [0.4, 0.5) is 4.79 Å². The van der Waals surface area contributed by atoms with E-state index in [4.69, 9.17) is 4.74 Å². The first kappa shape index (κ1) is 13.1. The molecule has 2 heterocycles. The van der Waals surface area contributed by atoms with Crippen LogP contribution in [0.3, 0.4) is 0 Å². The Labute approximate surface area is 124 Å². The molecule has 4 rings (SSSR count). The lowest BCUT2D eigenvalue weighted by Crippen LogP contribution is -2.69. The van der Waals surface area contributed by atoms with Crippen LogP contribution in [0.1, 0.15) is 37.8 Å². The third kappa shape index (κ3) is 2.04. The predicted molar refractivity (Wildman–Crippen MR) is 76.5 cm³/mol. The summed E-state index contributed by atoms with van der Waals surface area (Å²) in [5, 5.41) is 12.9. The number of carbonyl (C=O) groups excluding carboxylic acids is 1. The van der Waals surface area contributed by atoms with E-state index in [0.29, 0.717) is 18.6 Å². The maximum atomic E-state index is 12.2. The molecule has 0 bridgehead atoms. The monoisotopic (exact) mass is 290 g/mol. The smallest absolute Gasteiger partial charge is 0.315 e. The maximum absolute atomic E-state index is 12.2. The molecule has 2 aliphatic carbocycles. The minimum absolute atomic E-state index is 0.0776. The summed E-state index contributed by atoms with van der Waals surface area (Å²) in [5.74, 6) is 0.515. The average Bonchev–Trinajstić information content (AvgIpc) is 3.22. The molecule has 1 aromatic heterocycles. The first-order chi connectivity index (χ1) is 10.3. The molecule has 1 aromatic rings. The number of carbonyl (C=O) groups is 1. The zero-order valence-corrected chi connectivity index (χ0v) is 12.1. The molecule has 1 aliphatic heterocycles. The quantitative estimate of drug-likeness (QED) is 0.790. The van der Waals surface area contributed by atoms with Gasteiger partial charge in [0.15, 0.2) is 0 Å². The van der Waals surface area contributed by atoms with Crippen LogP contribution in [0.2, 0.25) is 0 Å². The Balaban J connectivity index is 1.38. The van der Waals surface area contributed by atoms with Gasteiger partial charge < -0.3 is 15.4 Å². The van der Waals surface area contributed by atoms with Gasteiger partial charge in [-0.2, -0.15) is 5.10 Å². The number of hydrogen-bond donors (Lipinski definition) is 3. The Hall–Kier alpha value is -1.56. The van der Waals surface area contributed by atoms with Gasteiger partial charge in [0.25, 0.3) is 0 Å². The van der Waals surface area contributed by atoms with E-state index in [0.717, 1.165) is 18.7 Å². The molecule has 0 aromatic carbocycles. The van der Waals surface area contributed by atoms with Crippen molar-refractivity contribution >= 4 is 6.03 Å². The van der Waals surface area contributed by atoms with Crippen LogP contribution in [0.5, 0.6) is 0 Å². The van der Waals surface area contributed by atoms with Crippen molar-refractivity contribution in [2.75, 3.05) is 6.61 Å². The van der Waals surface area contributed by atoms with Gasteiger partial charge in [-0.1, -0.05) is 12.8 Å². The van der Waals surface area contributed by atoms with Crippen molar-refractivity contribution in [2.45, 2.75) is 50.8 Å². The molecule has 21 heavy (non-hydrogen) atoms. The lowest BCUT2D eigenvalue weighted by atomic mass is 9.54. The number of nitrogens with one attached hydrogen (secondary N) is 3. The first-order valence-electron chi connectivity index (χ1n) is 7.94. The van der Waals surface area contributed by atoms with Crippen molar-refractivity contribution in [2.24, 2.45) is 11.3 Å². The molecule has 3 atom stereocenters. The van der Waals surface area contributed by atoms with Gasteiger partial charge in [-0.05, 0) is 25.3 Å². The molecule has 0 unspecified atom stereocenters. The number of ether oxygens (including phenoxy) is 1. The molecule has 2 amide bonds. The number of aromatic amines is 1. The molecule has 6 heteroatoms. The Kier molecular flexibility index (Phi) is 3.14. The number of fused-ring (bicyclic) bond motifs is 2. The molecule has 3 N–H and O–H groups in total. The van der Waals surface area contributed by atoms with Gasteiger partial charge in [0.05, 0.1) is 18.3 Å². The number of aromatic nitrogens is 2. The van der Waals surface area contributed by atoms with E-state index in [-0.39, 0.29) is 17.5 Å². The fourth-order valence-corrected chi connectivity index (χ4v) is 4.66. The van der Waals surface area contributed by atoms with E-state index >= 15 is 0 Å². The fourth-order valence-electron chi connectivity index (χ4n) is 4.66. The third-order valence-corrected chi connectivity index (χ3v) is 5.57. The molecule has 0 radical (unpaired) electrons. The average molecular weight is 290 g/mol. The van der Waals surface area contributed by atoms with Gasteiger partial charge in [0.1, 0.15) is 0 Å². The second-order valence-corrected chi connectivity index (χ2v) is 6.57.